The number of hydrogen-bond donors (Lipinski definition) is 1. The third kappa shape index (κ3) is 2.88. The van der Waals surface area contributed by atoms with Gasteiger partial charge in [-0.3, -0.25) is 4.68 Å². The predicted octanol–water partition coefficient (Wildman–Crippen LogP) is 3.75. The second-order valence-electron chi connectivity index (χ2n) is 6.18. The van der Waals surface area contributed by atoms with Gasteiger partial charge in [0.05, 0.1) is 5.69 Å². The summed E-state index contributed by atoms with van der Waals surface area (Å²) in [5, 5.41) is 8.31. The van der Waals surface area contributed by atoms with E-state index in [-0.39, 0.29) is 0 Å². The predicted molar refractivity (Wildman–Crippen MR) is 87.4 cm³/mol. The van der Waals surface area contributed by atoms with Gasteiger partial charge in [0.2, 0.25) is 0 Å². The zero-order chi connectivity index (χ0) is 15.0. The van der Waals surface area contributed by atoms with Crippen molar-refractivity contribution in [3.8, 4) is 11.1 Å². The minimum Gasteiger partial charge on any atom is -0.310 e. The number of benzene rings is 1. The lowest BCUT2D eigenvalue weighted by atomic mass is 9.96. The van der Waals surface area contributed by atoms with Crippen LogP contribution < -0.4 is 5.32 Å². The maximum absolute atomic E-state index is 4.68. The molecule has 0 amide bonds. The fourth-order valence-corrected chi connectivity index (χ4v) is 3.01. The average molecular weight is 283 g/mol. The van der Waals surface area contributed by atoms with Crippen molar-refractivity contribution < 1.29 is 0 Å². The van der Waals surface area contributed by atoms with Gasteiger partial charge in [0.15, 0.2) is 0 Å². The third-order valence-electron chi connectivity index (χ3n) is 4.37. The summed E-state index contributed by atoms with van der Waals surface area (Å²) < 4.78 is 2.10. The van der Waals surface area contributed by atoms with Crippen LogP contribution in [0.1, 0.15) is 42.3 Å². The Labute approximate surface area is 127 Å². The standard InChI is InChI=1S/C18H25N3/c1-5-21-14(4)18(13(3)20-21)17-10-12(2)6-7-15(17)11-19-16-8-9-16/h6-7,10,16,19H,5,8-9,11H2,1-4H3. The van der Waals surface area contributed by atoms with Gasteiger partial charge in [0, 0.05) is 30.4 Å². The van der Waals surface area contributed by atoms with Crippen molar-refractivity contribution in [1.29, 1.82) is 0 Å². The number of aryl methyl sites for hydroxylation is 3. The largest absolute Gasteiger partial charge is 0.310 e. The van der Waals surface area contributed by atoms with Crippen molar-refractivity contribution >= 4 is 0 Å². The average Bonchev–Trinajstić information content (AvgIpc) is 3.23. The molecule has 1 fully saturated rings. The Morgan fingerprint density at radius 2 is 2.00 bits per heavy atom. The van der Waals surface area contributed by atoms with Crippen molar-refractivity contribution in [3.63, 3.8) is 0 Å². The normalized spacial score (nSPS) is 14.7. The number of nitrogens with one attached hydrogen (secondary N) is 1. The van der Waals surface area contributed by atoms with Gasteiger partial charge in [-0.05, 0) is 51.7 Å². The second-order valence-corrected chi connectivity index (χ2v) is 6.18. The first kappa shape index (κ1) is 14.3. The van der Waals surface area contributed by atoms with Crippen molar-refractivity contribution in [1.82, 2.24) is 15.1 Å². The monoisotopic (exact) mass is 283 g/mol. The summed E-state index contributed by atoms with van der Waals surface area (Å²) in [5.41, 5.74) is 7.75. The van der Waals surface area contributed by atoms with E-state index in [0.29, 0.717) is 0 Å². The fourth-order valence-electron chi connectivity index (χ4n) is 3.01. The smallest absolute Gasteiger partial charge is 0.0675 e. The van der Waals surface area contributed by atoms with Crippen LogP contribution in [-0.2, 0) is 13.1 Å². The SMILES string of the molecule is CCn1nc(C)c(-c2cc(C)ccc2CNC2CC2)c1C. The van der Waals surface area contributed by atoms with E-state index in [1.165, 1.54) is 40.8 Å². The highest BCUT2D eigenvalue weighted by molar-refractivity contribution is 5.72. The Kier molecular flexibility index (Phi) is 3.85. The van der Waals surface area contributed by atoms with E-state index < -0.39 is 0 Å². The van der Waals surface area contributed by atoms with Gasteiger partial charge in [-0.25, -0.2) is 0 Å². The molecule has 0 spiro atoms. The summed E-state index contributed by atoms with van der Waals surface area (Å²) in [6.45, 7) is 10.5. The summed E-state index contributed by atoms with van der Waals surface area (Å²) in [7, 11) is 0. The Morgan fingerprint density at radius 1 is 1.24 bits per heavy atom. The summed E-state index contributed by atoms with van der Waals surface area (Å²) in [4.78, 5) is 0. The molecule has 0 saturated heterocycles. The molecule has 0 atom stereocenters. The third-order valence-corrected chi connectivity index (χ3v) is 4.37. The molecule has 3 rings (SSSR count). The first-order chi connectivity index (χ1) is 10.1. The molecule has 21 heavy (non-hydrogen) atoms. The molecule has 1 aromatic heterocycles. The first-order valence-corrected chi connectivity index (χ1v) is 7.97. The zero-order valence-corrected chi connectivity index (χ0v) is 13.5. The minimum absolute atomic E-state index is 0.736. The first-order valence-electron chi connectivity index (χ1n) is 7.97. The molecule has 3 heteroatoms. The van der Waals surface area contributed by atoms with Crippen molar-refractivity contribution in [2.24, 2.45) is 0 Å². The lowest BCUT2D eigenvalue weighted by Crippen LogP contribution is -2.16. The number of hydrogen-bond acceptors (Lipinski definition) is 2. The molecule has 1 N–H and O–H groups in total. The lowest BCUT2D eigenvalue weighted by Gasteiger charge is -2.12. The van der Waals surface area contributed by atoms with Gasteiger partial charge < -0.3 is 5.32 Å². The molecular weight excluding hydrogens is 258 g/mol. The molecular formula is C18H25N3. The van der Waals surface area contributed by atoms with E-state index in [9.17, 15) is 0 Å². The van der Waals surface area contributed by atoms with E-state index >= 15 is 0 Å². The molecule has 0 radical (unpaired) electrons. The molecule has 0 unspecified atom stereocenters. The lowest BCUT2D eigenvalue weighted by molar-refractivity contribution is 0.634. The fraction of sp³-hybridized carbons (Fsp3) is 0.500. The van der Waals surface area contributed by atoms with Crippen LogP contribution >= 0.6 is 0 Å². The van der Waals surface area contributed by atoms with Crippen LogP contribution in [0, 0.1) is 20.8 Å². The Hall–Kier alpha value is -1.61. The number of nitrogens with zero attached hydrogens (tertiary/aromatic N) is 2. The van der Waals surface area contributed by atoms with Gasteiger partial charge in [-0.15, -0.1) is 0 Å². The van der Waals surface area contributed by atoms with E-state index in [2.05, 4.69) is 61.0 Å². The molecule has 2 aromatic rings. The van der Waals surface area contributed by atoms with Gasteiger partial charge in [0.1, 0.15) is 0 Å². The highest BCUT2D eigenvalue weighted by Gasteiger charge is 2.21. The molecule has 3 nitrogen and oxygen atoms in total. The van der Waals surface area contributed by atoms with Gasteiger partial charge in [-0.2, -0.15) is 5.10 Å². The zero-order valence-electron chi connectivity index (χ0n) is 13.5. The summed E-state index contributed by atoms with van der Waals surface area (Å²) in [6.07, 6.45) is 2.65. The van der Waals surface area contributed by atoms with E-state index in [4.69, 9.17) is 0 Å². The van der Waals surface area contributed by atoms with Gasteiger partial charge >= 0.3 is 0 Å². The Morgan fingerprint density at radius 3 is 2.62 bits per heavy atom. The quantitative estimate of drug-likeness (QED) is 0.905. The van der Waals surface area contributed by atoms with Crippen LogP contribution in [0.4, 0.5) is 0 Å². The van der Waals surface area contributed by atoms with Crippen LogP contribution in [0.3, 0.4) is 0 Å². The Bertz CT molecular complexity index is 651. The summed E-state index contributed by atoms with van der Waals surface area (Å²) in [5.74, 6) is 0. The molecule has 1 aliphatic rings. The minimum atomic E-state index is 0.736. The van der Waals surface area contributed by atoms with Crippen molar-refractivity contribution in [3.05, 3.63) is 40.7 Å². The molecule has 1 aromatic carbocycles. The summed E-state index contributed by atoms with van der Waals surface area (Å²) in [6, 6.07) is 7.52. The van der Waals surface area contributed by atoms with Crippen LogP contribution in [0.25, 0.3) is 11.1 Å². The van der Waals surface area contributed by atoms with E-state index in [0.717, 1.165) is 24.8 Å². The number of rotatable bonds is 5. The maximum Gasteiger partial charge on any atom is 0.0675 e. The Balaban J connectivity index is 2.03. The van der Waals surface area contributed by atoms with Crippen LogP contribution in [0.15, 0.2) is 18.2 Å². The molecule has 0 bridgehead atoms. The van der Waals surface area contributed by atoms with Crippen LogP contribution in [-0.4, -0.2) is 15.8 Å². The number of aromatic nitrogens is 2. The van der Waals surface area contributed by atoms with Crippen LogP contribution in [0.5, 0.6) is 0 Å². The van der Waals surface area contributed by atoms with Crippen LogP contribution in [0.2, 0.25) is 0 Å². The molecule has 0 aliphatic heterocycles. The topological polar surface area (TPSA) is 29.9 Å². The maximum atomic E-state index is 4.68. The highest BCUT2D eigenvalue weighted by atomic mass is 15.3. The molecule has 1 saturated carbocycles. The van der Waals surface area contributed by atoms with Gasteiger partial charge in [-0.1, -0.05) is 23.8 Å². The summed E-state index contributed by atoms with van der Waals surface area (Å²) >= 11 is 0. The van der Waals surface area contributed by atoms with E-state index in [1.54, 1.807) is 0 Å². The van der Waals surface area contributed by atoms with Gasteiger partial charge in [0.25, 0.3) is 0 Å². The molecule has 112 valence electrons. The van der Waals surface area contributed by atoms with Crippen molar-refractivity contribution in [2.75, 3.05) is 0 Å². The van der Waals surface area contributed by atoms with E-state index in [1.807, 2.05) is 0 Å². The molecule has 1 aliphatic carbocycles. The molecule has 1 heterocycles. The highest BCUT2D eigenvalue weighted by Crippen LogP contribution is 2.31. The van der Waals surface area contributed by atoms with Crippen molar-refractivity contribution in [2.45, 2.75) is 59.7 Å². The second kappa shape index (κ2) is 5.64.